The standard InChI is InChI=1S/C22H23NO5/c1-3-26-22(24)10-7-13-27-20-14-17(25-2)11-12-18(20)21-15-19(23-28-21)16-8-5-4-6-9-16/h4-6,8-9,11-12,14-15H,3,7,10,13H2,1-2H3. The Kier molecular flexibility index (Phi) is 6.68. The first-order valence-electron chi connectivity index (χ1n) is 9.20. The van der Waals surface area contributed by atoms with Crippen molar-refractivity contribution in [3.05, 3.63) is 54.6 Å². The van der Waals surface area contributed by atoms with Gasteiger partial charge in [0, 0.05) is 24.1 Å². The highest BCUT2D eigenvalue weighted by molar-refractivity contribution is 5.72. The van der Waals surface area contributed by atoms with Gasteiger partial charge in [0.05, 0.1) is 25.9 Å². The van der Waals surface area contributed by atoms with Crippen LogP contribution in [0, 0.1) is 0 Å². The van der Waals surface area contributed by atoms with Gasteiger partial charge in [-0.1, -0.05) is 35.5 Å². The lowest BCUT2D eigenvalue weighted by atomic mass is 10.1. The number of hydrogen-bond acceptors (Lipinski definition) is 6. The minimum absolute atomic E-state index is 0.222. The second kappa shape index (κ2) is 9.60. The molecule has 0 aliphatic rings. The number of esters is 1. The maximum absolute atomic E-state index is 11.5. The third-order valence-corrected chi connectivity index (χ3v) is 4.12. The number of carbonyl (C=O) groups is 1. The summed E-state index contributed by atoms with van der Waals surface area (Å²) in [6.45, 7) is 2.55. The zero-order chi connectivity index (χ0) is 19.8. The molecular formula is C22H23NO5. The van der Waals surface area contributed by atoms with E-state index in [9.17, 15) is 4.79 Å². The van der Waals surface area contributed by atoms with Crippen molar-refractivity contribution in [1.82, 2.24) is 5.16 Å². The van der Waals surface area contributed by atoms with Gasteiger partial charge in [-0.2, -0.15) is 0 Å². The quantitative estimate of drug-likeness (QED) is 0.394. The van der Waals surface area contributed by atoms with E-state index in [1.165, 1.54) is 0 Å². The van der Waals surface area contributed by atoms with Gasteiger partial charge < -0.3 is 18.7 Å². The van der Waals surface area contributed by atoms with Crippen LogP contribution < -0.4 is 9.47 Å². The zero-order valence-electron chi connectivity index (χ0n) is 16.0. The Hall–Kier alpha value is -3.28. The second-order valence-electron chi connectivity index (χ2n) is 6.06. The number of benzene rings is 2. The van der Waals surface area contributed by atoms with Crippen LogP contribution in [0.3, 0.4) is 0 Å². The summed E-state index contributed by atoms with van der Waals surface area (Å²) in [6.07, 6.45) is 0.870. The summed E-state index contributed by atoms with van der Waals surface area (Å²) in [5.74, 6) is 1.66. The van der Waals surface area contributed by atoms with Crippen molar-refractivity contribution in [3.8, 4) is 34.1 Å². The molecule has 28 heavy (non-hydrogen) atoms. The van der Waals surface area contributed by atoms with Crippen molar-refractivity contribution in [3.63, 3.8) is 0 Å². The number of carbonyl (C=O) groups excluding carboxylic acids is 1. The van der Waals surface area contributed by atoms with Crippen LogP contribution >= 0.6 is 0 Å². The summed E-state index contributed by atoms with van der Waals surface area (Å²) in [4.78, 5) is 11.5. The predicted octanol–water partition coefficient (Wildman–Crippen LogP) is 4.74. The molecule has 0 aliphatic carbocycles. The van der Waals surface area contributed by atoms with Gasteiger partial charge in [0.15, 0.2) is 5.76 Å². The Bertz CT molecular complexity index is 904. The first kappa shape index (κ1) is 19.5. The van der Waals surface area contributed by atoms with Crippen molar-refractivity contribution in [2.24, 2.45) is 0 Å². The molecule has 0 spiro atoms. The predicted molar refractivity (Wildman–Crippen MR) is 105 cm³/mol. The number of aromatic nitrogens is 1. The SMILES string of the molecule is CCOC(=O)CCCOc1cc(OC)ccc1-c1cc(-c2ccccc2)no1. The van der Waals surface area contributed by atoms with E-state index in [1.54, 1.807) is 20.1 Å². The number of nitrogens with zero attached hydrogens (tertiary/aromatic N) is 1. The summed E-state index contributed by atoms with van der Waals surface area (Å²) in [5.41, 5.74) is 2.49. The molecule has 0 fully saturated rings. The summed E-state index contributed by atoms with van der Waals surface area (Å²) in [6, 6.07) is 17.2. The summed E-state index contributed by atoms with van der Waals surface area (Å²) < 4.78 is 21.7. The van der Waals surface area contributed by atoms with Crippen molar-refractivity contribution in [2.45, 2.75) is 19.8 Å². The molecule has 1 aromatic heterocycles. The monoisotopic (exact) mass is 381 g/mol. The van der Waals surface area contributed by atoms with Crippen molar-refractivity contribution in [1.29, 1.82) is 0 Å². The third kappa shape index (κ3) is 4.91. The Morgan fingerprint density at radius 2 is 1.93 bits per heavy atom. The molecule has 1 heterocycles. The minimum Gasteiger partial charge on any atom is -0.497 e. The first-order valence-corrected chi connectivity index (χ1v) is 9.20. The number of rotatable bonds is 9. The molecule has 6 nitrogen and oxygen atoms in total. The van der Waals surface area contributed by atoms with Gasteiger partial charge in [-0.05, 0) is 25.5 Å². The lowest BCUT2D eigenvalue weighted by Gasteiger charge is -2.11. The van der Waals surface area contributed by atoms with Crippen LogP contribution in [0.4, 0.5) is 0 Å². The lowest BCUT2D eigenvalue weighted by Crippen LogP contribution is -2.07. The molecule has 0 amide bonds. The van der Waals surface area contributed by atoms with E-state index in [-0.39, 0.29) is 5.97 Å². The molecule has 146 valence electrons. The van der Waals surface area contributed by atoms with E-state index in [4.69, 9.17) is 18.7 Å². The summed E-state index contributed by atoms with van der Waals surface area (Å²) in [5, 5.41) is 4.16. The van der Waals surface area contributed by atoms with Gasteiger partial charge in [-0.15, -0.1) is 0 Å². The Morgan fingerprint density at radius 3 is 2.68 bits per heavy atom. The van der Waals surface area contributed by atoms with Gasteiger partial charge in [0.1, 0.15) is 17.2 Å². The molecule has 3 aromatic rings. The maximum Gasteiger partial charge on any atom is 0.305 e. The molecule has 0 aliphatic heterocycles. The summed E-state index contributed by atoms with van der Waals surface area (Å²) in [7, 11) is 1.60. The zero-order valence-corrected chi connectivity index (χ0v) is 16.0. The van der Waals surface area contributed by atoms with Crippen molar-refractivity contribution in [2.75, 3.05) is 20.3 Å². The fourth-order valence-electron chi connectivity index (χ4n) is 2.73. The number of ether oxygens (including phenoxy) is 3. The molecule has 0 unspecified atom stereocenters. The van der Waals surface area contributed by atoms with Gasteiger partial charge in [0.25, 0.3) is 0 Å². The van der Waals surface area contributed by atoms with Gasteiger partial charge >= 0.3 is 5.97 Å². The summed E-state index contributed by atoms with van der Waals surface area (Å²) >= 11 is 0. The molecular weight excluding hydrogens is 358 g/mol. The highest BCUT2D eigenvalue weighted by Gasteiger charge is 2.15. The van der Waals surface area contributed by atoms with E-state index >= 15 is 0 Å². The van der Waals surface area contributed by atoms with Crippen LogP contribution in [0.2, 0.25) is 0 Å². The molecule has 0 saturated carbocycles. The van der Waals surface area contributed by atoms with Crippen LogP contribution in [-0.2, 0) is 9.53 Å². The fourth-order valence-corrected chi connectivity index (χ4v) is 2.73. The van der Waals surface area contributed by atoms with Crippen LogP contribution in [0.1, 0.15) is 19.8 Å². The van der Waals surface area contributed by atoms with Crippen LogP contribution in [0.15, 0.2) is 59.1 Å². The number of hydrogen-bond donors (Lipinski definition) is 0. The molecule has 6 heteroatoms. The maximum atomic E-state index is 11.5. The molecule has 0 N–H and O–H groups in total. The normalized spacial score (nSPS) is 10.5. The molecule has 2 aromatic carbocycles. The smallest absolute Gasteiger partial charge is 0.305 e. The molecule has 3 rings (SSSR count). The molecule has 0 saturated heterocycles. The average molecular weight is 381 g/mol. The topological polar surface area (TPSA) is 70.8 Å². The molecule has 0 radical (unpaired) electrons. The number of methoxy groups -OCH3 is 1. The van der Waals surface area contributed by atoms with Crippen LogP contribution in [0.5, 0.6) is 11.5 Å². The van der Waals surface area contributed by atoms with Crippen molar-refractivity contribution >= 4 is 5.97 Å². The van der Waals surface area contributed by atoms with E-state index in [1.807, 2.05) is 48.5 Å². The van der Waals surface area contributed by atoms with Crippen LogP contribution in [-0.4, -0.2) is 31.4 Å². The highest BCUT2D eigenvalue weighted by Crippen LogP contribution is 2.35. The second-order valence-corrected chi connectivity index (χ2v) is 6.06. The van der Waals surface area contributed by atoms with E-state index < -0.39 is 0 Å². The highest BCUT2D eigenvalue weighted by atomic mass is 16.5. The van der Waals surface area contributed by atoms with Gasteiger partial charge in [0.2, 0.25) is 0 Å². The van der Waals surface area contributed by atoms with Crippen LogP contribution in [0.25, 0.3) is 22.6 Å². The van der Waals surface area contributed by atoms with Crippen molar-refractivity contribution < 1.29 is 23.5 Å². The average Bonchev–Trinajstić information content (AvgIpc) is 3.22. The van der Waals surface area contributed by atoms with E-state index in [0.717, 1.165) is 16.8 Å². The fraction of sp³-hybridized carbons (Fsp3) is 0.273. The Balaban J connectivity index is 1.76. The largest absolute Gasteiger partial charge is 0.497 e. The van der Waals surface area contributed by atoms with Gasteiger partial charge in [-0.3, -0.25) is 4.79 Å². The van der Waals surface area contributed by atoms with Gasteiger partial charge in [-0.25, -0.2) is 0 Å². The van der Waals surface area contributed by atoms with E-state index in [2.05, 4.69) is 5.16 Å². The Morgan fingerprint density at radius 1 is 1.11 bits per heavy atom. The Labute approximate surface area is 164 Å². The third-order valence-electron chi connectivity index (χ3n) is 4.12. The molecule has 0 bridgehead atoms. The first-order chi connectivity index (χ1) is 13.7. The van der Waals surface area contributed by atoms with E-state index in [0.29, 0.717) is 43.3 Å². The molecule has 0 atom stereocenters. The minimum atomic E-state index is -0.222. The lowest BCUT2D eigenvalue weighted by molar-refractivity contribution is -0.143.